The van der Waals surface area contributed by atoms with Crippen molar-refractivity contribution in [3.8, 4) is 6.07 Å². The summed E-state index contributed by atoms with van der Waals surface area (Å²) >= 11 is 0. The van der Waals surface area contributed by atoms with Gasteiger partial charge in [-0.05, 0) is 12.8 Å². The number of rotatable bonds is 4. The zero-order valence-corrected chi connectivity index (χ0v) is 8.29. The summed E-state index contributed by atoms with van der Waals surface area (Å²) in [7, 11) is 0. The van der Waals surface area contributed by atoms with E-state index in [9.17, 15) is 0 Å². The molecule has 1 heteroatoms. The van der Waals surface area contributed by atoms with Crippen LogP contribution in [0, 0.1) is 16.7 Å². The number of hydrogen-bond acceptors (Lipinski definition) is 1. The summed E-state index contributed by atoms with van der Waals surface area (Å²) in [4.78, 5) is 0. The minimum absolute atomic E-state index is 0.152. The molecular weight excluding hydrogens is 158 g/mol. The maximum absolute atomic E-state index is 8.78. The zero-order chi connectivity index (χ0) is 9.57. The second kappa shape index (κ2) is 4.87. The lowest BCUT2D eigenvalue weighted by Crippen LogP contribution is -2.17. The van der Waals surface area contributed by atoms with Crippen LogP contribution in [0.3, 0.4) is 0 Å². The fourth-order valence-electron chi connectivity index (χ4n) is 1.80. The summed E-state index contributed by atoms with van der Waals surface area (Å²) in [5.41, 5.74) is 0.152. The van der Waals surface area contributed by atoms with Crippen molar-refractivity contribution >= 4 is 0 Å². The average Bonchev–Trinajstić information content (AvgIpc) is 2.17. The highest BCUT2D eigenvalue weighted by Gasteiger charge is 2.25. The van der Waals surface area contributed by atoms with Crippen molar-refractivity contribution in [3.05, 3.63) is 24.3 Å². The molecule has 0 aromatic rings. The van der Waals surface area contributed by atoms with Gasteiger partial charge in [-0.1, -0.05) is 44.1 Å². The van der Waals surface area contributed by atoms with Crippen LogP contribution >= 0.6 is 0 Å². The first kappa shape index (κ1) is 10.1. The van der Waals surface area contributed by atoms with Crippen molar-refractivity contribution in [3.63, 3.8) is 0 Å². The highest BCUT2D eigenvalue weighted by atomic mass is 14.3. The minimum atomic E-state index is 0.152. The van der Waals surface area contributed by atoms with Gasteiger partial charge in [0.2, 0.25) is 0 Å². The molecule has 0 radical (unpaired) electrons. The van der Waals surface area contributed by atoms with Crippen molar-refractivity contribution in [1.82, 2.24) is 0 Å². The molecular formula is C12H17N. The smallest absolute Gasteiger partial charge is 0.0631 e. The van der Waals surface area contributed by atoms with E-state index in [0.29, 0.717) is 6.42 Å². The van der Waals surface area contributed by atoms with Crippen LogP contribution in [-0.4, -0.2) is 0 Å². The van der Waals surface area contributed by atoms with Crippen LogP contribution in [0.5, 0.6) is 0 Å². The number of unbranched alkanes of at least 4 members (excludes halogenated alkanes) is 1. The van der Waals surface area contributed by atoms with E-state index in [1.54, 1.807) is 0 Å². The van der Waals surface area contributed by atoms with Crippen LogP contribution in [0.15, 0.2) is 24.3 Å². The number of allylic oxidation sites excluding steroid dienone is 4. The summed E-state index contributed by atoms with van der Waals surface area (Å²) < 4.78 is 0. The lowest BCUT2D eigenvalue weighted by Gasteiger charge is -2.28. The van der Waals surface area contributed by atoms with Gasteiger partial charge in [0, 0.05) is 11.8 Å². The molecule has 70 valence electrons. The minimum Gasteiger partial charge on any atom is -0.198 e. The molecule has 1 aliphatic rings. The molecule has 0 heterocycles. The second-order valence-corrected chi connectivity index (χ2v) is 3.79. The standard InChI is InChI=1S/C12H17N/c1-2-3-7-12(10-11-13)8-5-4-6-9-12/h4-6,8H,2-3,7,9-10H2,1H3. The molecule has 1 aliphatic carbocycles. The first-order chi connectivity index (χ1) is 6.33. The Hall–Kier alpha value is -1.03. The van der Waals surface area contributed by atoms with Crippen LogP contribution in [0.1, 0.15) is 39.0 Å². The van der Waals surface area contributed by atoms with E-state index >= 15 is 0 Å². The normalized spacial score (nSPS) is 25.8. The maximum atomic E-state index is 8.78. The summed E-state index contributed by atoms with van der Waals surface area (Å²) in [5, 5.41) is 8.78. The van der Waals surface area contributed by atoms with Gasteiger partial charge >= 0.3 is 0 Å². The van der Waals surface area contributed by atoms with Gasteiger partial charge < -0.3 is 0 Å². The van der Waals surface area contributed by atoms with E-state index < -0.39 is 0 Å². The molecule has 1 rings (SSSR count). The molecule has 0 bridgehead atoms. The van der Waals surface area contributed by atoms with Crippen LogP contribution in [0.4, 0.5) is 0 Å². The second-order valence-electron chi connectivity index (χ2n) is 3.79. The first-order valence-corrected chi connectivity index (χ1v) is 5.04. The molecule has 1 atom stereocenters. The van der Waals surface area contributed by atoms with Crippen molar-refractivity contribution in [1.29, 1.82) is 5.26 Å². The average molecular weight is 175 g/mol. The monoisotopic (exact) mass is 175 g/mol. The highest BCUT2D eigenvalue weighted by Crippen LogP contribution is 2.36. The Bertz CT molecular complexity index is 244. The molecule has 0 aromatic carbocycles. The van der Waals surface area contributed by atoms with Gasteiger partial charge in [0.1, 0.15) is 0 Å². The van der Waals surface area contributed by atoms with Crippen molar-refractivity contribution < 1.29 is 0 Å². The predicted molar refractivity (Wildman–Crippen MR) is 55.1 cm³/mol. The predicted octanol–water partition coefficient (Wildman–Crippen LogP) is 3.59. The van der Waals surface area contributed by atoms with Crippen LogP contribution < -0.4 is 0 Å². The Kier molecular flexibility index (Phi) is 3.76. The van der Waals surface area contributed by atoms with Crippen LogP contribution in [-0.2, 0) is 0 Å². The lowest BCUT2D eigenvalue weighted by molar-refractivity contribution is 0.347. The maximum Gasteiger partial charge on any atom is 0.0631 e. The first-order valence-electron chi connectivity index (χ1n) is 5.04. The van der Waals surface area contributed by atoms with E-state index in [1.165, 1.54) is 12.8 Å². The molecule has 0 aliphatic heterocycles. The summed E-state index contributed by atoms with van der Waals surface area (Å²) in [6.07, 6.45) is 13.8. The molecule has 13 heavy (non-hydrogen) atoms. The topological polar surface area (TPSA) is 23.8 Å². The van der Waals surface area contributed by atoms with Gasteiger partial charge in [-0.2, -0.15) is 5.26 Å². The van der Waals surface area contributed by atoms with Crippen LogP contribution in [0.2, 0.25) is 0 Å². The zero-order valence-electron chi connectivity index (χ0n) is 8.29. The van der Waals surface area contributed by atoms with Gasteiger partial charge in [0.25, 0.3) is 0 Å². The van der Waals surface area contributed by atoms with Gasteiger partial charge in [-0.15, -0.1) is 0 Å². The van der Waals surface area contributed by atoms with E-state index in [-0.39, 0.29) is 5.41 Å². The number of hydrogen-bond donors (Lipinski definition) is 0. The van der Waals surface area contributed by atoms with E-state index in [2.05, 4.69) is 37.3 Å². The van der Waals surface area contributed by atoms with Gasteiger partial charge in [-0.25, -0.2) is 0 Å². The fraction of sp³-hybridized carbons (Fsp3) is 0.583. The fourth-order valence-corrected chi connectivity index (χ4v) is 1.80. The Morgan fingerprint density at radius 2 is 2.31 bits per heavy atom. The molecule has 0 fully saturated rings. The highest BCUT2D eigenvalue weighted by molar-refractivity contribution is 5.18. The Balaban J connectivity index is 2.59. The quantitative estimate of drug-likeness (QED) is 0.640. The SMILES string of the molecule is CCCCC1(CC#N)C=CC=CC1. The van der Waals surface area contributed by atoms with Gasteiger partial charge in [0.05, 0.1) is 6.07 Å². The van der Waals surface area contributed by atoms with Crippen molar-refractivity contribution in [2.24, 2.45) is 5.41 Å². The third kappa shape index (κ3) is 2.73. The molecule has 1 nitrogen and oxygen atoms in total. The largest absolute Gasteiger partial charge is 0.198 e. The van der Waals surface area contributed by atoms with Crippen molar-refractivity contribution in [2.45, 2.75) is 39.0 Å². The summed E-state index contributed by atoms with van der Waals surface area (Å²) in [6.45, 7) is 2.20. The van der Waals surface area contributed by atoms with E-state index in [1.807, 2.05) is 0 Å². The summed E-state index contributed by atoms with van der Waals surface area (Å²) in [5.74, 6) is 0. The molecule has 0 spiro atoms. The van der Waals surface area contributed by atoms with Gasteiger partial charge in [-0.3, -0.25) is 0 Å². The number of nitriles is 1. The lowest BCUT2D eigenvalue weighted by atomic mass is 9.75. The van der Waals surface area contributed by atoms with E-state index in [0.717, 1.165) is 12.8 Å². The molecule has 0 saturated heterocycles. The van der Waals surface area contributed by atoms with E-state index in [4.69, 9.17) is 5.26 Å². The molecule has 1 unspecified atom stereocenters. The molecule has 0 amide bonds. The summed E-state index contributed by atoms with van der Waals surface area (Å²) in [6, 6.07) is 2.30. The number of nitrogens with zero attached hydrogens (tertiary/aromatic N) is 1. The Labute approximate surface area is 80.8 Å². The molecule has 0 saturated carbocycles. The Morgan fingerprint density at radius 1 is 1.46 bits per heavy atom. The van der Waals surface area contributed by atoms with Crippen molar-refractivity contribution in [2.75, 3.05) is 0 Å². The third-order valence-corrected chi connectivity index (χ3v) is 2.68. The molecule has 0 aromatic heterocycles. The molecule has 0 N–H and O–H groups in total. The third-order valence-electron chi connectivity index (χ3n) is 2.68. The Morgan fingerprint density at radius 3 is 2.85 bits per heavy atom. The van der Waals surface area contributed by atoms with Crippen LogP contribution in [0.25, 0.3) is 0 Å². The van der Waals surface area contributed by atoms with Gasteiger partial charge in [0.15, 0.2) is 0 Å².